The van der Waals surface area contributed by atoms with Crippen LogP contribution in [0.25, 0.3) is 0 Å². The second-order valence-corrected chi connectivity index (χ2v) is 5.08. The number of hydrogen-bond acceptors (Lipinski definition) is 4. The molecule has 0 saturated carbocycles. The molecule has 0 aromatic rings. The van der Waals surface area contributed by atoms with Crippen molar-refractivity contribution >= 4 is 12.1 Å². The van der Waals surface area contributed by atoms with Crippen LogP contribution in [0.5, 0.6) is 0 Å². The number of carbonyl (C=O) groups is 2. The van der Waals surface area contributed by atoms with Gasteiger partial charge >= 0.3 is 12.1 Å². The molecule has 6 heteroatoms. The Bertz CT molecular complexity index is 267. The van der Waals surface area contributed by atoms with Crippen molar-refractivity contribution in [1.82, 2.24) is 5.48 Å². The fourth-order valence-corrected chi connectivity index (χ4v) is 0.636. The summed E-state index contributed by atoms with van der Waals surface area (Å²) in [6.45, 7) is 8.00. The van der Waals surface area contributed by atoms with E-state index in [2.05, 4.69) is 0 Å². The number of carboxylic acid groups (broad SMARTS) is 1. The summed E-state index contributed by atoms with van der Waals surface area (Å²) in [4.78, 5) is 26.6. The van der Waals surface area contributed by atoms with E-state index in [1.165, 1.54) is 13.8 Å². The van der Waals surface area contributed by atoms with Gasteiger partial charge < -0.3 is 9.84 Å². The topological polar surface area (TPSA) is 84.9 Å². The molecule has 0 heterocycles. The van der Waals surface area contributed by atoms with Gasteiger partial charge in [0, 0.05) is 0 Å². The molecule has 0 bridgehead atoms. The average molecular weight is 233 g/mol. The highest BCUT2D eigenvalue weighted by atomic mass is 16.7. The normalized spacial score (nSPS) is 12.1. The molecule has 6 nitrogen and oxygen atoms in total. The van der Waals surface area contributed by atoms with Gasteiger partial charge in [0.1, 0.15) is 5.60 Å². The van der Waals surface area contributed by atoms with Gasteiger partial charge in [0.05, 0.1) is 12.0 Å². The van der Waals surface area contributed by atoms with Gasteiger partial charge in [0.15, 0.2) is 0 Å². The molecular formula is C10H19NO5. The van der Waals surface area contributed by atoms with E-state index in [4.69, 9.17) is 14.7 Å². The Hall–Kier alpha value is -1.30. The molecular weight excluding hydrogens is 214 g/mol. The van der Waals surface area contributed by atoms with Gasteiger partial charge in [-0.05, 0) is 34.6 Å². The van der Waals surface area contributed by atoms with Crippen molar-refractivity contribution in [3.05, 3.63) is 0 Å². The lowest BCUT2D eigenvalue weighted by molar-refractivity contribution is -0.152. The molecule has 0 aromatic heterocycles. The highest BCUT2D eigenvalue weighted by Gasteiger charge is 2.28. The van der Waals surface area contributed by atoms with Gasteiger partial charge in [-0.1, -0.05) is 0 Å². The SMILES string of the molecule is CC(C)(C)OC(=O)NOCC(C)(C)C(=O)O. The Kier molecular flexibility index (Phi) is 4.74. The van der Waals surface area contributed by atoms with Crippen LogP contribution in [-0.2, 0) is 14.4 Å². The zero-order valence-corrected chi connectivity index (χ0v) is 10.3. The number of hydrogen-bond donors (Lipinski definition) is 2. The highest BCUT2D eigenvalue weighted by molar-refractivity contribution is 5.73. The Morgan fingerprint density at radius 1 is 1.19 bits per heavy atom. The molecule has 16 heavy (non-hydrogen) atoms. The third kappa shape index (κ3) is 6.23. The largest absolute Gasteiger partial charge is 0.481 e. The van der Waals surface area contributed by atoms with Crippen LogP contribution in [-0.4, -0.2) is 29.4 Å². The zero-order valence-electron chi connectivity index (χ0n) is 10.3. The number of aliphatic carboxylic acids is 1. The average Bonchev–Trinajstić information content (AvgIpc) is 1.99. The molecule has 0 rings (SSSR count). The summed E-state index contributed by atoms with van der Waals surface area (Å²) in [6.07, 6.45) is -0.742. The number of carboxylic acids is 1. The monoisotopic (exact) mass is 233 g/mol. The van der Waals surface area contributed by atoms with E-state index in [9.17, 15) is 9.59 Å². The summed E-state index contributed by atoms with van der Waals surface area (Å²) in [5, 5.41) is 8.77. The predicted octanol–water partition coefficient (Wildman–Crippen LogP) is 1.55. The molecule has 0 saturated heterocycles. The molecule has 0 aliphatic rings. The van der Waals surface area contributed by atoms with E-state index in [0.717, 1.165) is 0 Å². The Morgan fingerprint density at radius 2 is 1.69 bits per heavy atom. The molecule has 0 radical (unpaired) electrons. The highest BCUT2D eigenvalue weighted by Crippen LogP contribution is 2.14. The number of amides is 1. The van der Waals surface area contributed by atoms with Crippen LogP contribution >= 0.6 is 0 Å². The number of carbonyl (C=O) groups excluding carboxylic acids is 1. The first-order valence-electron chi connectivity index (χ1n) is 4.89. The van der Waals surface area contributed by atoms with Gasteiger partial charge in [0.2, 0.25) is 0 Å². The standard InChI is InChI=1S/C10H19NO5/c1-9(2,3)16-8(14)11-15-6-10(4,5)7(12)13/h6H2,1-5H3,(H,11,14)(H,12,13). The molecule has 2 N–H and O–H groups in total. The van der Waals surface area contributed by atoms with Crippen molar-refractivity contribution in [3.8, 4) is 0 Å². The van der Waals surface area contributed by atoms with Crippen LogP contribution in [0.1, 0.15) is 34.6 Å². The third-order valence-electron chi connectivity index (χ3n) is 1.57. The lowest BCUT2D eigenvalue weighted by Crippen LogP contribution is -2.37. The molecule has 0 spiro atoms. The maximum absolute atomic E-state index is 11.1. The summed E-state index contributed by atoms with van der Waals surface area (Å²) >= 11 is 0. The fourth-order valence-electron chi connectivity index (χ4n) is 0.636. The second kappa shape index (κ2) is 5.16. The minimum Gasteiger partial charge on any atom is -0.481 e. The summed E-state index contributed by atoms with van der Waals surface area (Å²) in [5.41, 5.74) is 0.350. The lowest BCUT2D eigenvalue weighted by atomic mass is 9.96. The summed E-state index contributed by atoms with van der Waals surface area (Å²) < 4.78 is 4.89. The van der Waals surface area contributed by atoms with Crippen molar-refractivity contribution in [3.63, 3.8) is 0 Å². The molecule has 1 amide bonds. The van der Waals surface area contributed by atoms with E-state index in [1.807, 2.05) is 5.48 Å². The Balaban J connectivity index is 3.92. The van der Waals surface area contributed by atoms with E-state index < -0.39 is 23.1 Å². The van der Waals surface area contributed by atoms with Gasteiger partial charge in [-0.3, -0.25) is 9.63 Å². The molecule has 0 unspecified atom stereocenters. The first-order chi connectivity index (χ1) is 7.04. The van der Waals surface area contributed by atoms with Crippen molar-refractivity contribution in [2.45, 2.75) is 40.2 Å². The van der Waals surface area contributed by atoms with Crippen LogP contribution in [0.3, 0.4) is 0 Å². The van der Waals surface area contributed by atoms with Crippen LogP contribution in [0.2, 0.25) is 0 Å². The van der Waals surface area contributed by atoms with Crippen LogP contribution in [0.4, 0.5) is 4.79 Å². The number of hydroxylamine groups is 1. The molecule has 94 valence electrons. The van der Waals surface area contributed by atoms with E-state index >= 15 is 0 Å². The van der Waals surface area contributed by atoms with E-state index in [1.54, 1.807) is 20.8 Å². The zero-order chi connectivity index (χ0) is 13.0. The number of nitrogens with one attached hydrogen (secondary N) is 1. The number of ether oxygens (including phenoxy) is 1. The quantitative estimate of drug-likeness (QED) is 0.720. The molecule has 0 aliphatic carbocycles. The van der Waals surface area contributed by atoms with Crippen molar-refractivity contribution < 1.29 is 24.3 Å². The van der Waals surface area contributed by atoms with Gasteiger partial charge in [0.25, 0.3) is 0 Å². The fraction of sp³-hybridized carbons (Fsp3) is 0.800. The lowest BCUT2D eigenvalue weighted by Gasteiger charge is -2.21. The minimum atomic E-state index is -1.06. The van der Waals surface area contributed by atoms with E-state index in [-0.39, 0.29) is 6.61 Å². The molecule has 0 aromatic carbocycles. The van der Waals surface area contributed by atoms with Crippen LogP contribution in [0.15, 0.2) is 0 Å². The van der Waals surface area contributed by atoms with Gasteiger partial charge in [-0.15, -0.1) is 0 Å². The van der Waals surface area contributed by atoms with Crippen molar-refractivity contribution in [2.75, 3.05) is 6.61 Å². The molecule has 0 aliphatic heterocycles. The van der Waals surface area contributed by atoms with Crippen molar-refractivity contribution in [1.29, 1.82) is 0 Å². The Labute approximate surface area is 94.9 Å². The minimum absolute atomic E-state index is 0.137. The predicted molar refractivity (Wildman–Crippen MR) is 56.7 cm³/mol. The van der Waals surface area contributed by atoms with Gasteiger partial charge in [-0.25, -0.2) is 4.79 Å². The first kappa shape index (κ1) is 14.7. The second-order valence-electron chi connectivity index (χ2n) is 5.08. The van der Waals surface area contributed by atoms with E-state index in [0.29, 0.717) is 0 Å². The molecule has 0 atom stereocenters. The summed E-state index contributed by atoms with van der Waals surface area (Å²) in [7, 11) is 0. The molecule has 0 fully saturated rings. The number of rotatable bonds is 4. The smallest absolute Gasteiger partial charge is 0.431 e. The van der Waals surface area contributed by atoms with Crippen molar-refractivity contribution in [2.24, 2.45) is 5.41 Å². The summed E-state index contributed by atoms with van der Waals surface area (Å²) in [6, 6.07) is 0. The summed E-state index contributed by atoms with van der Waals surface area (Å²) in [5.74, 6) is -1.00. The van der Waals surface area contributed by atoms with Crippen LogP contribution < -0.4 is 5.48 Å². The maximum atomic E-state index is 11.1. The first-order valence-corrected chi connectivity index (χ1v) is 4.89. The van der Waals surface area contributed by atoms with Crippen LogP contribution in [0, 0.1) is 5.41 Å². The van der Waals surface area contributed by atoms with Gasteiger partial charge in [-0.2, -0.15) is 5.48 Å². The third-order valence-corrected chi connectivity index (χ3v) is 1.57. The Morgan fingerprint density at radius 3 is 2.06 bits per heavy atom. The maximum Gasteiger partial charge on any atom is 0.431 e.